The molecule has 0 heterocycles. The molecule has 0 aromatic carbocycles. The molecule has 0 aliphatic carbocycles. The Hall–Kier alpha value is 3.21. The predicted molar refractivity (Wildman–Crippen MR) is 385 cm³/mol. The van der Waals surface area contributed by atoms with Crippen LogP contribution in [0.2, 0.25) is 0 Å². The molecule has 0 bridgehead atoms. The SMILES string of the molecule is CCC(CO)N(CCS(=O)(=O)O)C(CC)CO.CCC(CO)N(CCS(=O)(=O)[O-])C(CC)CO.CCC(CO)N(CCS(=O)(=O)[O-])C(CC)CO.CCC(O)CN(CCS(=O)(=O)O)CC(O)CC.CCC(O)CN(CCS(=O)(=O)[O-])CC(O)CC.CCC(O)CN(CCS(=O)(=O)[O-])CC(O)CC.[K+].[K+].[Li+].[Li+]. The summed E-state index contributed by atoms with van der Waals surface area (Å²) in [5.41, 5.74) is 0. The van der Waals surface area contributed by atoms with Crippen LogP contribution in [-0.4, -0.2) is 394 Å². The van der Waals surface area contributed by atoms with E-state index in [2.05, 4.69) is 0 Å². The molecule has 14 N–H and O–H groups in total. The van der Waals surface area contributed by atoms with Crippen LogP contribution in [0.5, 0.6) is 0 Å². The Bertz CT molecular complexity index is 2340. The van der Waals surface area contributed by atoms with Crippen LogP contribution in [-0.2, 0) is 60.7 Å². The van der Waals surface area contributed by atoms with Gasteiger partial charge in [-0.05, 0) is 77.0 Å². The molecule has 12 atom stereocenters. The van der Waals surface area contributed by atoms with Crippen molar-refractivity contribution >= 4 is 60.7 Å². The molecule has 0 radical (unpaired) electrons. The van der Waals surface area contributed by atoms with Gasteiger partial charge in [0.2, 0.25) is 0 Å². The summed E-state index contributed by atoms with van der Waals surface area (Å²) in [5.74, 6) is -2.78. The Labute approximate surface area is 746 Å². The first-order valence-corrected chi connectivity index (χ1v) is 44.4. The number of aliphatic hydroxyl groups excluding tert-OH is 12. The van der Waals surface area contributed by atoms with Crippen molar-refractivity contribution in [3.05, 3.63) is 0 Å². The van der Waals surface area contributed by atoms with Crippen molar-refractivity contribution in [2.24, 2.45) is 0 Å². The Morgan fingerprint density at radius 3 is 0.509 bits per heavy atom. The Morgan fingerprint density at radius 2 is 0.387 bits per heavy atom. The summed E-state index contributed by atoms with van der Waals surface area (Å²) in [6, 6.07) is -1.31. The molecule has 0 rings (SSSR count). The number of nitrogens with zero attached hydrogens (tertiary/aromatic N) is 6. The fraction of sp³-hybridized carbons (Fsp3) is 1.00. The van der Waals surface area contributed by atoms with Crippen LogP contribution in [0, 0.1) is 0 Å². The zero-order chi connectivity index (χ0) is 80.8. The van der Waals surface area contributed by atoms with Gasteiger partial charge in [-0.3, -0.25) is 38.5 Å². The van der Waals surface area contributed by atoms with Crippen molar-refractivity contribution in [3.8, 4) is 0 Å². The molecule has 0 saturated heterocycles. The minimum Gasteiger partial charge on any atom is -0.748 e. The normalized spacial score (nSPS) is 15.5. The molecule has 0 aromatic rings. The molecule has 46 heteroatoms. The number of rotatable bonds is 54. The van der Waals surface area contributed by atoms with Gasteiger partial charge in [-0.15, -0.1) is 0 Å². The van der Waals surface area contributed by atoms with Crippen LogP contribution in [0.25, 0.3) is 0 Å². The zero-order valence-electron chi connectivity index (χ0n) is 66.3. The molecule has 0 aliphatic heterocycles. The summed E-state index contributed by atoms with van der Waals surface area (Å²) in [5, 5.41) is 112. The van der Waals surface area contributed by atoms with Gasteiger partial charge in [-0.25, -0.2) is 33.7 Å². The minimum atomic E-state index is -4.27. The van der Waals surface area contributed by atoms with Crippen molar-refractivity contribution in [2.75, 3.05) is 153 Å². The second kappa shape index (κ2) is 74.5. The van der Waals surface area contributed by atoms with Gasteiger partial charge in [0.25, 0.3) is 20.2 Å². The van der Waals surface area contributed by atoms with Crippen molar-refractivity contribution in [1.29, 1.82) is 0 Å². The maximum atomic E-state index is 10.7. The van der Waals surface area contributed by atoms with E-state index in [1.54, 1.807) is 29.4 Å². The van der Waals surface area contributed by atoms with E-state index in [-0.39, 0.29) is 293 Å². The Kier molecular flexibility index (Phi) is 91.3. The van der Waals surface area contributed by atoms with Gasteiger partial charge in [0, 0.05) is 115 Å². The van der Waals surface area contributed by atoms with E-state index in [9.17, 15) is 130 Å². The van der Waals surface area contributed by atoms with Crippen molar-refractivity contribution < 1.29 is 280 Å². The van der Waals surface area contributed by atoms with Crippen LogP contribution in [0.1, 0.15) is 160 Å². The average molecular weight is 1700 g/mol. The third-order valence-electron chi connectivity index (χ3n) is 16.3. The quantitative estimate of drug-likeness (QED) is 0.0199. The molecule has 36 nitrogen and oxygen atoms in total. The van der Waals surface area contributed by atoms with Gasteiger partial charge in [0.1, 0.15) is 0 Å². The molecule has 0 aromatic heterocycles. The van der Waals surface area contributed by atoms with Crippen LogP contribution in [0.15, 0.2) is 0 Å². The van der Waals surface area contributed by atoms with Gasteiger partial charge in [0.05, 0.1) is 151 Å². The van der Waals surface area contributed by atoms with Gasteiger partial charge < -0.3 is 79.5 Å². The van der Waals surface area contributed by atoms with Crippen LogP contribution < -0.4 is 140 Å². The van der Waals surface area contributed by atoms with E-state index in [0.29, 0.717) is 90.1 Å². The van der Waals surface area contributed by atoms with Crippen molar-refractivity contribution in [3.63, 3.8) is 0 Å². The number of hydrogen-bond donors (Lipinski definition) is 14. The third kappa shape index (κ3) is 79.7. The molecular weight excluding hydrogens is 1570 g/mol. The van der Waals surface area contributed by atoms with E-state index < -0.39 is 120 Å². The van der Waals surface area contributed by atoms with E-state index >= 15 is 0 Å². The summed E-state index contributed by atoms with van der Waals surface area (Å²) >= 11 is 0. The van der Waals surface area contributed by atoms with Gasteiger partial charge in [0.15, 0.2) is 0 Å². The van der Waals surface area contributed by atoms with Crippen LogP contribution in [0.3, 0.4) is 0 Å². The fourth-order valence-electron chi connectivity index (χ4n) is 9.52. The van der Waals surface area contributed by atoms with Gasteiger partial charge in [-0.1, -0.05) is 83.1 Å². The molecule has 106 heavy (non-hydrogen) atoms. The first-order chi connectivity index (χ1) is 47.0. The average Bonchev–Trinajstić information content (AvgIpc) is 0.887. The van der Waals surface area contributed by atoms with E-state index in [1.807, 2.05) is 83.1 Å². The van der Waals surface area contributed by atoms with Crippen molar-refractivity contribution in [2.45, 2.75) is 233 Å². The monoisotopic (exact) mass is 1700 g/mol. The minimum absolute atomic E-state index is 0. The maximum absolute atomic E-state index is 10.7. The van der Waals surface area contributed by atoms with E-state index in [4.69, 9.17) is 9.11 Å². The Balaban J connectivity index is -0.000000129. The smallest absolute Gasteiger partial charge is 0.748 e. The topological polar surface area (TPSA) is 600 Å². The largest absolute Gasteiger partial charge is 1.00 e. The first-order valence-electron chi connectivity index (χ1n) is 34.8. The number of hydrogen-bond acceptors (Lipinski definition) is 34. The zero-order valence-corrected chi connectivity index (χ0v) is 77.5. The molecule has 624 valence electrons. The summed E-state index contributed by atoms with van der Waals surface area (Å²) in [6.45, 7) is 23.5. The maximum Gasteiger partial charge on any atom is 1.00 e. The number of aliphatic hydroxyl groups is 12. The second-order valence-corrected chi connectivity index (χ2v) is 33.7. The molecule has 12 unspecified atom stereocenters. The molecule has 0 saturated carbocycles. The van der Waals surface area contributed by atoms with Crippen LogP contribution >= 0.6 is 0 Å². The van der Waals surface area contributed by atoms with E-state index in [0.717, 1.165) is 0 Å². The summed E-state index contributed by atoms with van der Waals surface area (Å²) in [6.07, 6.45) is 3.71. The Morgan fingerprint density at radius 1 is 0.255 bits per heavy atom. The molecule has 0 fully saturated rings. The molecule has 0 spiro atoms. The first kappa shape index (κ1) is 130. The second-order valence-electron chi connectivity index (χ2n) is 24.5. The van der Waals surface area contributed by atoms with Crippen molar-refractivity contribution in [1.82, 2.24) is 29.4 Å². The van der Waals surface area contributed by atoms with Crippen LogP contribution in [0.4, 0.5) is 0 Å². The standard InChI is InChI=1S/6C10H23NO5S.2K.2Li/c3*1-3-9(7-12)11(10(4-2)8-13)5-6-17(14,15)16;3*1-3-9(12)7-11(8-10(13)4-2)5-6-17(14,15)16;;;;/h6*9-10,12-13H,3-8H2,1-2H3,(H,14,15,16);;;;/q;;;;;;4*+1/p-4. The summed E-state index contributed by atoms with van der Waals surface area (Å²) in [4.78, 5) is 10.0. The molecule has 0 aliphatic rings. The predicted octanol–water partition coefficient (Wildman–Crippen LogP) is -15.0. The van der Waals surface area contributed by atoms with Gasteiger partial charge >= 0.3 is 140 Å². The third-order valence-corrected chi connectivity index (χ3v) is 20.5. The van der Waals surface area contributed by atoms with E-state index in [1.165, 1.54) is 0 Å². The van der Waals surface area contributed by atoms with Gasteiger partial charge in [-0.2, -0.15) is 16.8 Å². The molecule has 0 amide bonds. The fourth-order valence-corrected chi connectivity index (χ4v) is 12.3. The summed E-state index contributed by atoms with van der Waals surface area (Å²) < 4.78 is 187. The summed E-state index contributed by atoms with van der Waals surface area (Å²) in [7, 11) is -25.1. The molecular formula is C60H134K2Li2N6O30S6.